The number of esters is 1. The van der Waals surface area contributed by atoms with Crippen molar-refractivity contribution in [3.8, 4) is 23.0 Å². The fraction of sp³-hybridized carbons (Fsp3) is 0.419. The van der Waals surface area contributed by atoms with Gasteiger partial charge in [0.15, 0.2) is 28.8 Å². The van der Waals surface area contributed by atoms with E-state index in [0.717, 1.165) is 28.3 Å². The summed E-state index contributed by atoms with van der Waals surface area (Å²) in [6.45, 7) is 6.85. The number of nitrogens with one attached hydrogen (secondary N) is 1. The highest BCUT2D eigenvalue weighted by molar-refractivity contribution is 7.99. The molecule has 2 aromatic rings. The highest BCUT2D eigenvalue weighted by Gasteiger charge is 2.42. The zero-order valence-electron chi connectivity index (χ0n) is 23.3. The number of hydrogen-bond donors (Lipinski definition) is 1. The predicted octanol–water partition coefficient (Wildman–Crippen LogP) is 5.48. The van der Waals surface area contributed by atoms with E-state index in [4.69, 9.17) is 23.7 Å². The fourth-order valence-corrected chi connectivity index (χ4v) is 6.09. The largest absolute Gasteiger partial charge is 0.493 e. The van der Waals surface area contributed by atoms with E-state index in [-0.39, 0.29) is 18.5 Å². The summed E-state index contributed by atoms with van der Waals surface area (Å²) in [6.07, 6.45) is 0.930. The van der Waals surface area contributed by atoms with Crippen LogP contribution < -0.4 is 24.3 Å². The molecule has 212 valence electrons. The van der Waals surface area contributed by atoms with Crippen LogP contribution in [0.15, 0.2) is 58.9 Å². The highest BCUT2D eigenvalue weighted by atomic mass is 32.2. The second-order valence-electron chi connectivity index (χ2n) is 9.81. The Labute approximate surface area is 239 Å². The minimum Gasteiger partial charge on any atom is -0.493 e. The van der Waals surface area contributed by atoms with Crippen LogP contribution in [0.1, 0.15) is 56.6 Å². The van der Waals surface area contributed by atoms with Crippen LogP contribution in [0.4, 0.5) is 0 Å². The van der Waals surface area contributed by atoms with Crippen molar-refractivity contribution in [2.75, 3.05) is 38.6 Å². The summed E-state index contributed by atoms with van der Waals surface area (Å²) in [5, 5.41) is 3.41. The van der Waals surface area contributed by atoms with Crippen LogP contribution in [0.25, 0.3) is 0 Å². The number of methoxy groups -OCH3 is 1. The van der Waals surface area contributed by atoms with Crippen LogP contribution in [-0.2, 0) is 14.3 Å². The molecular weight excluding hydrogens is 530 g/mol. The topological polar surface area (TPSA) is 92.3 Å². The quantitative estimate of drug-likeness (QED) is 0.297. The van der Waals surface area contributed by atoms with E-state index >= 15 is 0 Å². The van der Waals surface area contributed by atoms with E-state index in [1.165, 1.54) is 0 Å². The first-order valence-electron chi connectivity index (χ1n) is 13.6. The van der Waals surface area contributed by atoms with Crippen LogP contribution in [0, 0.1) is 0 Å². The van der Waals surface area contributed by atoms with Gasteiger partial charge in [0.2, 0.25) is 6.79 Å². The highest BCUT2D eigenvalue weighted by Crippen LogP contribution is 2.48. The number of thioether (sulfide) groups is 1. The standard InChI is InChI=1S/C31H35NO7S/c1-5-36-24-9-7-19(15-26(24)35-4)21-13-22-30(23(33)14-21)29(20-8-10-25-27(16-20)39-17-38-25)28(18(3)32-22)31(34)37-11-12-40-6-2/h7-10,15-16,21,29,32H,5-6,11-14,17H2,1-4H3/t21-,29-/m1/s1. The van der Waals surface area contributed by atoms with Gasteiger partial charge in [-0.3, -0.25) is 4.79 Å². The van der Waals surface area contributed by atoms with Crippen LogP contribution in [0.3, 0.4) is 0 Å². The number of ether oxygens (including phenoxy) is 5. The fourth-order valence-electron chi connectivity index (χ4n) is 5.60. The number of carbonyl (C=O) groups excluding carboxylic acids is 2. The third kappa shape index (κ3) is 5.52. The van der Waals surface area contributed by atoms with Gasteiger partial charge in [-0.05, 0) is 67.3 Å². The summed E-state index contributed by atoms with van der Waals surface area (Å²) in [4.78, 5) is 27.4. The monoisotopic (exact) mass is 565 g/mol. The molecule has 0 amide bonds. The number of fused-ring (bicyclic) bond motifs is 1. The van der Waals surface area contributed by atoms with Gasteiger partial charge in [0, 0.05) is 35.1 Å². The molecule has 40 heavy (non-hydrogen) atoms. The van der Waals surface area contributed by atoms with Crippen molar-refractivity contribution in [3.05, 3.63) is 70.1 Å². The summed E-state index contributed by atoms with van der Waals surface area (Å²) in [7, 11) is 1.61. The number of hydrogen-bond acceptors (Lipinski definition) is 9. The maximum absolute atomic E-state index is 13.9. The molecule has 0 spiro atoms. The van der Waals surface area contributed by atoms with Gasteiger partial charge < -0.3 is 29.0 Å². The lowest BCUT2D eigenvalue weighted by atomic mass is 9.71. The molecule has 0 fully saturated rings. The minimum absolute atomic E-state index is 0.00592. The summed E-state index contributed by atoms with van der Waals surface area (Å²) in [5.41, 5.74) is 4.37. The Morgan fingerprint density at radius 1 is 1.05 bits per heavy atom. The van der Waals surface area contributed by atoms with Gasteiger partial charge in [0.25, 0.3) is 0 Å². The molecule has 2 aliphatic heterocycles. The van der Waals surface area contributed by atoms with Crippen LogP contribution in [-0.4, -0.2) is 50.4 Å². The van der Waals surface area contributed by atoms with Crippen LogP contribution in [0.2, 0.25) is 0 Å². The number of ketones is 1. The van der Waals surface area contributed by atoms with Gasteiger partial charge in [-0.2, -0.15) is 11.8 Å². The molecule has 1 N–H and O–H groups in total. The van der Waals surface area contributed by atoms with Gasteiger partial charge in [-0.15, -0.1) is 0 Å². The molecule has 2 aromatic carbocycles. The van der Waals surface area contributed by atoms with Gasteiger partial charge in [0.05, 0.1) is 19.3 Å². The molecule has 0 bridgehead atoms. The lowest BCUT2D eigenvalue weighted by Gasteiger charge is -2.36. The first-order chi connectivity index (χ1) is 19.4. The van der Waals surface area contributed by atoms with Crippen molar-refractivity contribution in [1.82, 2.24) is 5.32 Å². The third-order valence-electron chi connectivity index (χ3n) is 7.40. The Hall–Kier alpha value is -3.59. The number of allylic oxidation sites excluding steroid dienone is 3. The lowest BCUT2D eigenvalue weighted by Crippen LogP contribution is -2.36. The molecule has 1 aliphatic carbocycles. The Bertz CT molecular complexity index is 1370. The van der Waals surface area contributed by atoms with E-state index in [9.17, 15) is 9.59 Å². The second-order valence-corrected chi connectivity index (χ2v) is 11.2. The van der Waals surface area contributed by atoms with Crippen molar-refractivity contribution >= 4 is 23.5 Å². The molecule has 0 saturated carbocycles. The van der Waals surface area contributed by atoms with Gasteiger partial charge in [-0.25, -0.2) is 4.79 Å². The summed E-state index contributed by atoms with van der Waals surface area (Å²) in [5.74, 6) is 3.20. The number of rotatable bonds is 10. The molecule has 5 rings (SSSR count). The molecule has 8 nitrogen and oxygen atoms in total. The Balaban J connectivity index is 1.50. The Morgan fingerprint density at radius 2 is 1.85 bits per heavy atom. The molecule has 2 heterocycles. The molecule has 3 aliphatic rings. The smallest absolute Gasteiger partial charge is 0.336 e. The molecule has 0 saturated heterocycles. The molecule has 9 heteroatoms. The molecule has 2 atom stereocenters. The van der Waals surface area contributed by atoms with E-state index < -0.39 is 11.9 Å². The van der Waals surface area contributed by atoms with Crippen molar-refractivity contribution in [2.45, 2.75) is 45.4 Å². The summed E-state index contributed by atoms with van der Waals surface area (Å²) < 4.78 is 28.1. The lowest BCUT2D eigenvalue weighted by molar-refractivity contribution is -0.138. The van der Waals surface area contributed by atoms with Gasteiger partial charge >= 0.3 is 5.97 Å². The molecular formula is C31H35NO7S. The van der Waals surface area contributed by atoms with E-state index in [1.807, 2.05) is 50.2 Å². The van der Waals surface area contributed by atoms with Crippen molar-refractivity contribution in [1.29, 1.82) is 0 Å². The third-order valence-corrected chi connectivity index (χ3v) is 8.26. The average Bonchev–Trinajstić information content (AvgIpc) is 3.43. The average molecular weight is 566 g/mol. The predicted molar refractivity (Wildman–Crippen MR) is 153 cm³/mol. The summed E-state index contributed by atoms with van der Waals surface area (Å²) in [6, 6.07) is 11.4. The number of carbonyl (C=O) groups is 2. The zero-order chi connectivity index (χ0) is 28.2. The second kappa shape index (κ2) is 12.3. The van der Waals surface area contributed by atoms with Crippen molar-refractivity contribution in [3.63, 3.8) is 0 Å². The van der Waals surface area contributed by atoms with E-state index in [2.05, 4.69) is 12.2 Å². The number of Topliss-reactive ketones (excluding diaryl/α,β-unsaturated/α-hetero) is 1. The van der Waals surface area contributed by atoms with Crippen LogP contribution in [0.5, 0.6) is 23.0 Å². The zero-order valence-corrected chi connectivity index (χ0v) is 24.2. The van der Waals surface area contributed by atoms with Crippen molar-refractivity contribution < 1.29 is 33.3 Å². The first-order valence-corrected chi connectivity index (χ1v) is 14.8. The maximum atomic E-state index is 13.9. The van der Waals surface area contributed by atoms with Crippen molar-refractivity contribution in [2.24, 2.45) is 0 Å². The first kappa shape index (κ1) is 28.0. The Kier molecular flexibility index (Phi) is 8.59. The normalized spacial score (nSPS) is 19.8. The van der Waals surface area contributed by atoms with E-state index in [0.29, 0.717) is 65.9 Å². The SMILES string of the molecule is CCOc1ccc([C@H]2CC(=O)C3=C(C2)NC(C)=C(C(=O)OCCSCC)[C@H]3c2ccc3c(c2)OCO3)cc1OC. The number of benzene rings is 2. The molecule has 0 aromatic heterocycles. The van der Waals surface area contributed by atoms with Crippen LogP contribution >= 0.6 is 11.8 Å². The minimum atomic E-state index is -0.569. The number of dihydropyridines is 1. The Morgan fingerprint density at radius 3 is 2.62 bits per heavy atom. The molecule has 0 unspecified atom stereocenters. The van der Waals surface area contributed by atoms with Gasteiger partial charge in [-0.1, -0.05) is 19.1 Å². The summed E-state index contributed by atoms with van der Waals surface area (Å²) >= 11 is 1.71. The van der Waals surface area contributed by atoms with E-state index in [1.54, 1.807) is 18.9 Å². The maximum Gasteiger partial charge on any atom is 0.336 e. The molecule has 0 radical (unpaired) electrons. The van der Waals surface area contributed by atoms with Gasteiger partial charge in [0.1, 0.15) is 6.61 Å².